The van der Waals surface area contributed by atoms with Gasteiger partial charge in [-0.2, -0.15) is 0 Å². The third-order valence-electron chi connectivity index (χ3n) is 2.11. The Morgan fingerprint density at radius 3 is 2.87 bits per heavy atom. The van der Waals surface area contributed by atoms with Crippen molar-refractivity contribution in [2.75, 3.05) is 0 Å². The van der Waals surface area contributed by atoms with E-state index < -0.39 is 5.97 Å². The molecule has 4 heteroatoms. The molecule has 0 aliphatic carbocycles. The van der Waals surface area contributed by atoms with E-state index >= 15 is 0 Å². The average molecular weight is 266 g/mol. The molecule has 0 atom stereocenters. The molecule has 0 spiro atoms. The molecule has 1 aromatic heterocycles. The molecule has 1 aromatic carbocycles. The highest BCUT2D eigenvalue weighted by molar-refractivity contribution is 9.12. The number of fused-ring (bicyclic) bond motifs is 1. The van der Waals surface area contributed by atoms with Gasteiger partial charge in [-0.1, -0.05) is 18.2 Å². The molecule has 0 radical (unpaired) electrons. The van der Waals surface area contributed by atoms with Gasteiger partial charge in [0.1, 0.15) is 4.48 Å². The van der Waals surface area contributed by atoms with E-state index in [4.69, 9.17) is 5.11 Å². The molecule has 0 saturated carbocycles. The van der Waals surface area contributed by atoms with Gasteiger partial charge in [-0.3, -0.25) is 0 Å². The van der Waals surface area contributed by atoms with Crippen LogP contribution in [0.5, 0.6) is 0 Å². The molecule has 0 amide bonds. The van der Waals surface area contributed by atoms with Gasteiger partial charge in [0.25, 0.3) is 0 Å². The smallest absolute Gasteiger partial charge is 0.342 e. The van der Waals surface area contributed by atoms with Gasteiger partial charge in [-0.25, -0.2) is 4.79 Å². The van der Waals surface area contributed by atoms with Crippen LogP contribution in [0.15, 0.2) is 34.9 Å². The standard InChI is InChI=1S/C11H8BrNO2/c12-9(11(14)15)5-7-6-13-10-4-2-1-3-8(7)10/h1-6,13H,(H,14,15)/b9-5-. The van der Waals surface area contributed by atoms with Crippen LogP contribution in [-0.2, 0) is 4.79 Å². The summed E-state index contributed by atoms with van der Waals surface area (Å²) >= 11 is 3.00. The minimum Gasteiger partial charge on any atom is -0.477 e. The lowest BCUT2D eigenvalue weighted by Crippen LogP contribution is -1.92. The second-order valence-electron chi connectivity index (χ2n) is 3.09. The number of benzene rings is 1. The van der Waals surface area contributed by atoms with Crippen LogP contribution in [0, 0.1) is 0 Å². The maximum absolute atomic E-state index is 10.6. The Balaban J connectivity index is 2.54. The minimum absolute atomic E-state index is 0.146. The molecule has 0 saturated heterocycles. The van der Waals surface area contributed by atoms with Crippen molar-refractivity contribution in [2.24, 2.45) is 0 Å². The van der Waals surface area contributed by atoms with Gasteiger partial charge in [-0.15, -0.1) is 0 Å². The van der Waals surface area contributed by atoms with Crippen molar-refractivity contribution >= 4 is 38.9 Å². The quantitative estimate of drug-likeness (QED) is 0.821. The van der Waals surface area contributed by atoms with Crippen molar-refractivity contribution in [1.29, 1.82) is 0 Å². The van der Waals surface area contributed by atoms with Crippen LogP contribution < -0.4 is 0 Å². The van der Waals surface area contributed by atoms with Crippen LogP contribution in [-0.4, -0.2) is 16.1 Å². The van der Waals surface area contributed by atoms with E-state index in [9.17, 15) is 4.79 Å². The van der Waals surface area contributed by atoms with Gasteiger partial charge in [0.05, 0.1) is 0 Å². The maximum Gasteiger partial charge on any atom is 0.342 e. The first-order valence-corrected chi connectivity index (χ1v) is 5.14. The molecule has 2 rings (SSSR count). The number of para-hydroxylation sites is 1. The number of rotatable bonds is 2. The van der Waals surface area contributed by atoms with Crippen LogP contribution in [0.3, 0.4) is 0 Å². The van der Waals surface area contributed by atoms with Crippen LogP contribution in [0.4, 0.5) is 0 Å². The predicted molar refractivity (Wildman–Crippen MR) is 62.8 cm³/mol. The Bertz CT molecular complexity index is 542. The Labute approximate surface area is 94.6 Å². The minimum atomic E-state index is -0.972. The largest absolute Gasteiger partial charge is 0.477 e. The number of nitrogens with one attached hydrogen (secondary N) is 1. The number of carboxylic acids is 1. The molecular formula is C11H8BrNO2. The van der Waals surface area contributed by atoms with E-state index in [2.05, 4.69) is 20.9 Å². The highest BCUT2D eigenvalue weighted by Crippen LogP contribution is 2.21. The fourth-order valence-electron chi connectivity index (χ4n) is 1.41. The van der Waals surface area contributed by atoms with Gasteiger partial charge < -0.3 is 10.1 Å². The molecule has 1 heterocycles. The number of hydrogen-bond acceptors (Lipinski definition) is 1. The number of aromatic amines is 1. The lowest BCUT2D eigenvalue weighted by atomic mass is 10.1. The number of aromatic nitrogens is 1. The first kappa shape index (κ1) is 9.98. The highest BCUT2D eigenvalue weighted by atomic mass is 79.9. The zero-order valence-electron chi connectivity index (χ0n) is 7.70. The van der Waals surface area contributed by atoms with Crippen molar-refractivity contribution in [2.45, 2.75) is 0 Å². The highest BCUT2D eigenvalue weighted by Gasteiger charge is 2.05. The van der Waals surface area contributed by atoms with E-state index in [0.29, 0.717) is 0 Å². The summed E-state index contributed by atoms with van der Waals surface area (Å²) in [7, 11) is 0. The molecule has 0 aliphatic heterocycles. The fraction of sp³-hybridized carbons (Fsp3) is 0. The summed E-state index contributed by atoms with van der Waals surface area (Å²) in [6, 6.07) is 7.74. The lowest BCUT2D eigenvalue weighted by molar-refractivity contribution is -0.131. The van der Waals surface area contributed by atoms with E-state index in [0.717, 1.165) is 16.5 Å². The number of hydrogen-bond donors (Lipinski definition) is 2. The van der Waals surface area contributed by atoms with E-state index in [1.807, 2.05) is 24.3 Å². The van der Waals surface area contributed by atoms with Crippen LogP contribution in [0.1, 0.15) is 5.56 Å². The number of halogens is 1. The molecule has 2 N–H and O–H groups in total. The van der Waals surface area contributed by atoms with Crippen molar-refractivity contribution in [3.63, 3.8) is 0 Å². The normalized spacial score (nSPS) is 11.9. The first-order chi connectivity index (χ1) is 7.18. The van der Waals surface area contributed by atoms with Gasteiger partial charge in [0.2, 0.25) is 0 Å². The number of carbonyl (C=O) groups is 1. The monoisotopic (exact) mass is 265 g/mol. The molecule has 15 heavy (non-hydrogen) atoms. The predicted octanol–water partition coefficient (Wildman–Crippen LogP) is 2.99. The summed E-state index contributed by atoms with van der Waals surface area (Å²) in [5, 5.41) is 9.74. The average Bonchev–Trinajstić information content (AvgIpc) is 2.62. The summed E-state index contributed by atoms with van der Waals surface area (Å²) in [5.41, 5.74) is 1.86. The lowest BCUT2D eigenvalue weighted by Gasteiger charge is -1.92. The van der Waals surface area contributed by atoms with Gasteiger partial charge in [0, 0.05) is 22.7 Å². The van der Waals surface area contributed by atoms with Crippen LogP contribution in [0.2, 0.25) is 0 Å². The second kappa shape index (κ2) is 3.90. The molecule has 0 aliphatic rings. The van der Waals surface area contributed by atoms with Crippen LogP contribution >= 0.6 is 15.9 Å². The third-order valence-corrected chi connectivity index (χ3v) is 2.68. The molecule has 2 aromatic rings. The first-order valence-electron chi connectivity index (χ1n) is 4.35. The van der Waals surface area contributed by atoms with Crippen LogP contribution in [0.25, 0.3) is 17.0 Å². The van der Waals surface area contributed by atoms with Gasteiger partial charge in [0.15, 0.2) is 0 Å². The van der Waals surface area contributed by atoms with Crippen molar-refractivity contribution in [3.05, 3.63) is 40.5 Å². The summed E-state index contributed by atoms with van der Waals surface area (Å²) in [6.07, 6.45) is 3.37. The zero-order chi connectivity index (χ0) is 10.8. The second-order valence-corrected chi connectivity index (χ2v) is 3.94. The van der Waals surface area contributed by atoms with Crippen molar-refractivity contribution < 1.29 is 9.90 Å². The summed E-state index contributed by atoms with van der Waals surface area (Å²) in [5.74, 6) is -0.972. The molecule has 0 fully saturated rings. The van der Waals surface area contributed by atoms with Gasteiger partial charge >= 0.3 is 5.97 Å². The zero-order valence-corrected chi connectivity index (χ0v) is 9.28. The van der Waals surface area contributed by atoms with Gasteiger partial charge in [-0.05, 0) is 28.1 Å². The maximum atomic E-state index is 10.6. The van der Waals surface area contributed by atoms with Crippen molar-refractivity contribution in [3.8, 4) is 0 Å². The summed E-state index contributed by atoms with van der Waals surface area (Å²) in [4.78, 5) is 13.7. The number of aliphatic carboxylic acids is 1. The molecular weight excluding hydrogens is 258 g/mol. The Morgan fingerprint density at radius 1 is 1.40 bits per heavy atom. The van der Waals surface area contributed by atoms with E-state index in [1.165, 1.54) is 0 Å². The fourth-order valence-corrected chi connectivity index (χ4v) is 1.66. The third kappa shape index (κ3) is 1.94. The van der Waals surface area contributed by atoms with E-state index in [1.54, 1.807) is 12.3 Å². The number of carboxylic acid groups (broad SMARTS) is 1. The number of H-pyrrole nitrogens is 1. The van der Waals surface area contributed by atoms with E-state index in [-0.39, 0.29) is 4.48 Å². The Kier molecular flexibility index (Phi) is 2.60. The summed E-state index contributed by atoms with van der Waals surface area (Å²) in [6.45, 7) is 0. The Hall–Kier alpha value is -1.55. The molecule has 76 valence electrons. The van der Waals surface area contributed by atoms with Crippen molar-refractivity contribution in [1.82, 2.24) is 4.98 Å². The molecule has 0 unspecified atom stereocenters. The molecule has 0 bridgehead atoms. The SMILES string of the molecule is O=C(O)/C(Br)=C/c1c[nH]c2ccccc12. The molecule has 3 nitrogen and oxygen atoms in total. The topological polar surface area (TPSA) is 53.1 Å². The summed E-state index contributed by atoms with van der Waals surface area (Å²) < 4.78 is 0.146. The Morgan fingerprint density at radius 2 is 2.13 bits per heavy atom.